The molecule has 3 aromatic rings. The summed E-state index contributed by atoms with van der Waals surface area (Å²) >= 11 is 0. The van der Waals surface area contributed by atoms with E-state index in [4.69, 9.17) is 11.5 Å². The molecule has 0 radical (unpaired) electrons. The normalized spacial score (nSPS) is 10.6. The van der Waals surface area contributed by atoms with E-state index in [1.54, 1.807) is 17.0 Å². The second-order valence-corrected chi connectivity index (χ2v) is 3.77. The number of carbonyl (C=O) groups excluding carboxylic acids is 1. The summed E-state index contributed by atoms with van der Waals surface area (Å²) in [6.45, 7) is 0. The van der Waals surface area contributed by atoms with Crippen LogP contribution in [0.2, 0.25) is 0 Å². The minimum Gasteiger partial charge on any atom is -0.368 e. The van der Waals surface area contributed by atoms with E-state index < -0.39 is 5.91 Å². The molecule has 0 fully saturated rings. The predicted octanol–water partition coefficient (Wildman–Crippen LogP) is -1.08. The number of aromatic nitrogens is 7. The summed E-state index contributed by atoms with van der Waals surface area (Å²) in [4.78, 5) is 27.1. The van der Waals surface area contributed by atoms with Crippen molar-refractivity contribution < 1.29 is 4.79 Å². The number of imidazole rings is 1. The molecule has 3 rings (SSSR count). The molecule has 0 aliphatic carbocycles. The quantitative estimate of drug-likeness (QED) is 0.616. The van der Waals surface area contributed by atoms with Gasteiger partial charge in [-0.05, 0) is 6.07 Å². The van der Waals surface area contributed by atoms with Crippen LogP contribution < -0.4 is 11.5 Å². The monoisotopic (exact) mass is 271 g/mol. The number of primary amides is 1. The Labute approximate surface area is 112 Å². The SMILES string of the molecule is NC(=O)c1ccn(-c2nc(N)nc(-n3ccnc3)n2)n1. The van der Waals surface area contributed by atoms with Gasteiger partial charge < -0.3 is 11.5 Å². The summed E-state index contributed by atoms with van der Waals surface area (Å²) in [5.74, 6) is -0.148. The van der Waals surface area contributed by atoms with Crippen LogP contribution in [0.25, 0.3) is 11.9 Å². The standard InChI is InChI=1S/C10H9N9O/c11-7(20)6-1-3-19(17-6)10-15-8(12)14-9(16-10)18-4-2-13-5-18/h1-5H,(H2,11,20)(H2,12,14,15,16). The minimum atomic E-state index is -0.638. The first-order chi connectivity index (χ1) is 9.63. The second-order valence-electron chi connectivity index (χ2n) is 3.77. The topological polar surface area (TPSA) is 143 Å². The van der Waals surface area contributed by atoms with Crippen molar-refractivity contribution in [2.75, 3.05) is 5.73 Å². The lowest BCUT2D eigenvalue weighted by atomic mass is 10.4. The van der Waals surface area contributed by atoms with Gasteiger partial charge in [0, 0.05) is 18.6 Å². The minimum absolute atomic E-state index is 0.0230. The van der Waals surface area contributed by atoms with Crippen LogP contribution in [0.15, 0.2) is 31.0 Å². The van der Waals surface area contributed by atoms with Gasteiger partial charge in [0.15, 0.2) is 0 Å². The van der Waals surface area contributed by atoms with E-state index >= 15 is 0 Å². The van der Waals surface area contributed by atoms with E-state index in [1.165, 1.54) is 23.3 Å². The highest BCUT2D eigenvalue weighted by atomic mass is 16.1. The van der Waals surface area contributed by atoms with Crippen LogP contribution in [0, 0.1) is 0 Å². The van der Waals surface area contributed by atoms with Gasteiger partial charge in [-0.2, -0.15) is 20.1 Å². The lowest BCUT2D eigenvalue weighted by Crippen LogP contribution is -2.14. The Morgan fingerprint density at radius 3 is 2.60 bits per heavy atom. The molecule has 10 heteroatoms. The van der Waals surface area contributed by atoms with Gasteiger partial charge in [0.2, 0.25) is 11.9 Å². The molecule has 10 nitrogen and oxygen atoms in total. The van der Waals surface area contributed by atoms with Gasteiger partial charge in [0.25, 0.3) is 11.9 Å². The Morgan fingerprint density at radius 1 is 1.15 bits per heavy atom. The highest BCUT2D eigenvalue weighted by Gasteiger charge is 2.11. The number of carbonyl (C=O) groups is 1. The summed E-state index contributed by atoms with van der Waals surface area (Å²) in [6.07, 6.45) is 6.28. The number of hydrogen-bond donors (Lipinski definition) is 2. The lowest BCUT2D eigenvalue weighted by molar-refractivity contribution is 0.0995. The number of hydrogen-bond acceptors (Lipinski definition) is 7. The van der Waals surface area contributed by atoms with Crippen molar-refractivity contribution in [1.82, 2.24) is 34.3 Å². The third-order valence-corrected chi connectivity index (χ3v) is 2.41. The van der Waals surface area contributed by atoms with E-state index in [2.05, 4.69) is 25.0 Å². The molecular weight excluding hydrogens is 262 g/mol. The molecule has 0 bridgehead atoms. The molecule has 0 saturated heterocycles. The van der Waals surface area contributed by atoms with Crippen molar-refractivity contribution in [3.63, 3.8) is 0 Å². The molecule has 100 valence electrons. The van der Waals surface area contributed by atoms with Gasteiger partial charge in [-0.3, -0.25) is 9.36 Å². The van der Waals surface area contributed by atoms with Gasteiger partial charge in [0.1, 0.15) is 12.0 Å². The maximum Gasteiger partial charge on any atom is 0.269 e. The van der Waals surface area contributed by atoms with Crippen LogP contribution in [0.1, 0.15) is 10.5 Å². The van der Waals surface area contributed by atoms with Crippen molar-refractivity contribution >= 4 is 11.9 Å². The molecule has 0 saturated carbocycles. The van der Waals surface area contributed by atoms with E-state index in [9.17, 15) is 4.79 Å². The molecular formula is C10H9N9O. The summed E-state index contributed by atoms with van der Waals surface area (Å²) < 4.78 is 2.86. The molecule has 0 atom stereocenters. The zero-order valence-electron chi connectivity index (χ0n) is 10.1. The van der Waals surface area contributed by atoms with Gasteiger partial charge in [-0.25, -0.2) is 9.67 Å². The largest absolute Gasteiger partial charge is 0.368 e. The lowest BCUT2D eigenvalue weighted by Gasteiger charge is -2.04. The molecule has 3 heterocycles. The first-order valence-corrected chi connectivity index (χ1v) is 5.49. The van der Waals surface area contributed by atoms with Crippen molar-refractivity contribution in [2.24, 2.45) is 5.73 Å². The average Bonchev–Trinajstić information content (AvgIpc) is 3.10. The molecule has 0 aliphatic heterocycles. The first kappa shape index (κ1) is 11.8. The molecule has 0 aromatic carbocycles. The van der Waals surface area contributed by atoms with Gasteiger partial charge >= 0.3 is 0 Å². The van der Waals surface area contributed by atoms with Crippen molar-refractivity contribution in [2.45, 2.75) is 0 Å². The Bertz CT molecular complexity index is 761. The molecule has 1 amide bonds. The fourth-order valence-corrected chi connectivity index (χ4v) is 1.53. The smallest absolute Gasteiger partial charge is 0.269 e. The molecule has 0 aliphatic rings. The van der Waals surface area contributed by atoms with Gasteiger partial charge in [-0.1, -0.05) is 0 Å². The van der Waals surface area contributed by atoms with E-state index in [0.29, 0.717) is 5.95 Å². The van der Waals surface area contributed by atoms with Crippen LogP contribution in [-0.4, -0.2) is 40.2 Å². The van der Waals surface area contributed by atoms with Crippen LogP contribution in [0.5, 0.6) is 0 Å². The number of amides is 1. The molecule has 0 unspecified atom stereocenters. The fourth-order valence-electron chi connectivity index (χ4n) is 1.53. The van der Waals surface area contributed by atoms with Crippen LogP contribution in [-0.2, 0) is 0 Å². The molecule has 20 heavy (non-hydrogen) atoms. The second kappa shape index (κ2) is 4.42. The summed E-state index contributed by atoms with van der Waals surface area (Å²) in [5.41, 5.74) is 10.9. The third kappa shape index (κ3) is 2.05. The summed E-state index contributed by atoms with van der Waals surface area (Å²) in [5, 5.41) is 3.95. The van der Waals surface area contributed by atoms with Crippen LogP contribution >= 0.6 is 0 Å². The maximum atomic E-state index is 11.0. The zero-order valence-corrected chi connectivity index (χ0v) is 10.1. The Kier molecular flexibility index (Phi) is 2.60. The summed E-state index contributed by atoms with van der Waals surface area (Å²) in [7, 11) is 0. The van der Waals surface area contributed by atoms with Crippen molar-refractivity contribution in [1.29, 1.82) is 0 Å². The molecule has 0 spiro atoms. The van der Waals surface area contributed by atoms with E-state index in [1.807, 2.05) is 0 Å². The van der Waals surface area contributed by atoms with E-state index in [-0.39, 0.29) is 17.6 Å². The zero-order chi connectivity index (χ0) is 14.1. The van der Waals surface area contributed by atoms with Crippen molar-refractivity contribution in [3.05, 3.63) is 36.7 Å². The van der Waals surface area contributed by atoms with Crippen molar-refractivity contribution in [3.8, 4) is 11.9 Å². The Balaban J connectivity index is 2.07. The number of rotatable bonds is 3. The van der Waals surface area contributed by atoms with E-state index in [0.717, 1.165) is 0 Å². The number of anilines is 1. The third-order valence-electron chi connectivity index (χ3n) is 2.41. The maximum absolute atomic E-state index is 11.0. The van der Waals surface area contributed by atoms with Gasteiger partial charge in [-0.15, -0.1) is 0 Å². The average molecular weight is 271 g/mol. The first-order valence-electron chi connectivity index (χ1n) is 5.49. The predicted molar refractivity (Wildman–Crippen MR) is 67.0 cm³/mol. The number of nitrogens with two attached hydrogens (primary N) is 2. The fraction of sp³-hybridized carbons (Fsp3) is 0. The molecule has 3 aromatic heterocycles. The van der Waals surface area contributed by atoms with Gasteiger partial charge in [0.05, 0.1) is 0 Å². The number of nitrogen functional groups attached to an aromatic ring is 1. The Morgan fingerprint density at radius 2 is 1.95 bits per heavy atom. The Hall–Kier alpha value is -3.30. The summed E-state index contributed by atoms with van der Waals surface area (Å²) in [6, 6.07) is 1.46. The highest BCUT2D eigenvalue weighted by molar-refractivity contribution is 5.90. The number of nitrogens with zero attached hydrogens (tertiary/aromatic N) is 7. The van der Waals surface area contributed by atoms with Crippen LogP contribution in [0.3, 0.4) is 0 Å². The molecule has 4 N–H and O–H groups in total. The van der Waals surface area contributed by atoms with Crippen LogP contribution in [0.4, 0.5) is 5.95 Å². The highest BCUT2D eigenvalue weighted by Crippen LogP contribution is 2.07.